The van der Waals surface area contributed by atoms with Crippen LogP contribution >= 0.6 is 0 Å². The third kappa shape index (κ3) is 5.90. The highest BCUT2D eigenvalue weighted by Crippen LogP contribution is 2.34. The Morgan fingerprint density at radius 2 is 1.67 bits per heavy atom. The molecule has 0 amide bonds. The quantitative estimate of drug-likeness (QED) is 0.652. The van der Waals surface area contributed by atoms with E-state index in [1.54, 1.807) is 0 Å². The lowest BCUT2D eigenvalue weighted by Crippen LogP contribution is -2.17. The molecule has 0 atom stereocenters. The SMILES string of the molecule is CCOc1cc(CCN)ccc1OCCOc1c(C)cccc1C(C)(C)C. The molecule has 27 heavy (non-hydrogen) atoms. The summed E-state index contributed by atoms with van der Waals surface area (Å²) in [5.41, 5.74) is 9.18. The zero-order chi connectivity index (χ0) is 19.9. The Morgan fingerprint density at radius 1 is 0.926 bits per heavy atom. The Bertz CT molecular complexity index is 735. The van der Waals surface area contributed by atoms with Crippen molar-refractivity contribution in [1.82, 2.24) is 0 Å². The zero-order valence-electron chi connectivity index (χ0n) is 17.3. The highest BCUT2D eigenvalue weighted by atomic mass is 16.5. The van der Waals surface area contributed by atoms with Gasteiger partial charge >= 0.3 is 0 Å². The molecule has 0 saturated heterocycles. The molecule has 2 rings (SSSR count). The normalized spacial score (nSPS) is 11.3. The van der Waals surface area contributed by atoms with Gasteiger partial charge in [0.15, 0.2) is 11.5 Å². The molecule has 0 heterocycles. The van der Waals surface area contributed by atoms with Gasteiger partial charge in [-0.25, -0.2) is 0 Å². The van der Waals surface area contributed by atoms with Gasteiger partial charge in [-0.3, -0.25) is 0 Å². The molecule has 0 aromatic heterocycles. The second-order valence-corrected chi connectivity index (χ2v) is 7.65. The number of hydrogen-bond donors (Lipinski definition) is 1. The fourth-order valence-electron chi connectivity index (χ4n) is 2.99. The maximum absolute atomic E-state index is 6.10. The Balaban J connectivity index is 2.02. The van der Waals surface area contributed by atoms with Crippen molar-refractivity contribution in [3.05, 3.63) is 53.1 Å². The van der Waals surface area contributed by atoms with E-state index in [4.69, 9.17) is 19.9 Å². The van der Waals surface area contributed by atoms with Crippen LogP contribution in [0.25, 0.3) is 0 Å². The van der Waals surface area contributed by atoms with E-state index < -0.39 is 0 Å². The van der Waals surface area contributed by atoms with Gasteiger partial charge in [-0.1, -0.05) is 45.0 Å². The third-order valence-corrected chi connectivity index (χ3v) is 4.35. The molecule has 2 N–H and O–H groups in total. The van der Waals surface area contributed by atoms with E-state index in [1.165, 1.54) is 5.56 Å². The van der Waals surface area contributed by atoms with Gasteiger partial charge in [-0.05, 0) is 61.1 Å². The first-order valence-corrected chi connectivity index (χ1v) is 9.68. The summed E-state index contributed by atoms with van der Waals surface area (Å²) in [4.78, 5) is 0. The lowest BCUT2D eigenvalue weighted by atomic mass is 9.85. The maximum Gasteiger partial charge on any atom is 0.161 e. The fourth-order valence-corrected chi connectivity index (χ4v) is 2.99. The van der Waals surface area contributed by atoms with Crippen molar-refractivity contribution in [1.29, 1.82) is 0 Å². The van der Waals surface area contributed by atoms with Crippen molar-refractivity contribution >= 4 is 0 Å². The van der Waals surface area contributed by atoms with E-state index in [-0.39, 0.29) is 5.41 Å². The maximum atomic E-state index is 6.10. The van der Waals surface area contributed by atoms with Gasteiger partial charge in [0, 0.05) is 0 Å². The number of benzene rings is 2. The van der Waals surface area contributed by atoms with Crippen LogP contribution in [0.2, 0.25) is 0 Å². The standard InChI is InChI=1S/C23H33NO3/c1-6-25-21-16-18(12-13-24)10-11-20(21)26-14-15-27-22-17(2)8-7-9-19(22)23(3,4)5/h7-11,16H,6,12-15,24H2,1-5H3. The minimum atomic E-state index is 0.0309. The Morgan fingerprint density at radius 3 is 2.33 bits per heavy atom. The number of aryl methyl sites for hydroxylation is 1. The van der Waals surface area contributed by atoms with Crippen LogP contribution in [0.1, 0.15) is 44.4 Å². The summed E-state index contributed by atoms with van der Waals surface area (Å²) in [6, 6.07) is 12.3. The molecule has 4 nitrogen and oxygen atoms in total. The minimum Gasteiger partial charge on any atom is -0.490 e. The first kappa shape index (κ1) is 21.1. The molecule has 0 spiro atoms. The molecule has 2 aromatic rings. The number of ether oxygens (including phenoxy) is 3. The molecule has 0 aliphatic rings. The number of hydrogen-bond acceptors (Lipinski definition) is 4. The van der Waals surface area contributed by atoms with E-state index in [0.29, 0.717) is 26.4 Å². The Kier molecular flexibility index (Phi) is 7.55. The fraction of sp³-hybridized carbons (Fsp3) is 0.478. The van der Waals surface area contributed by atoms with Gasteiger partial charge in [-0.2, -0.15) is 0 Å². The van der Waals surface area contributed by atoms with Crippen molar-refractivity contribution in [2.24, 2.45) is 5.73 Å². The van der Waals surface area contributed by atoms with Gasteiger partial charge in [0.05, 0.1) is 6.61 Å². The summed E-state index contributed by atoms with van der Waals surface area (Å²) in [7, 11) is 0. The van der Waals surface area contributed by atoms with Gasteiger partial charge in [0.25, 0.3) is 0 Å². The van der Waals surface area contributed by atoms with Gasteiger partial charge in [0.1, 0.15) is 19.0 Å². The number of rotatable bonds is 9. The molecular formula is C23H33NO3. The molecule has 148 valence electrons. The lowest BCUT2D eigenvalue weighted by molar-refractivity contribution is 0.205. The summed E-state index contributed by atoms with van der Waals surface area (Å²) in [6.07, 6.45) is 0.826. The molecule has 2 aromatic carbocycles. The van der Waals surface area contributed by atoms with Crippen molar-refractivity contribution < 1.29 is 14.2 Å². The molecule has 0 aliphatic carbocycles. The van der Waals surface area contributed by atoms with Crippen molar-refractivity contribution in [3.8, 4) is 17.2 Å². The van der Waals surface area contributed by atoms with Crippen LogP contribution < -0.4 is 19.9 Å². The van der Waals surface area contributed by atoms with Crippen LogP contribution in [0.4, 0.5) is 0 Å². The summed E-state index contributed by atoms with van der Waals surface area (Å²) >= 11 is 0. The molecule has 0 aliphatic heterocycles. The highest BCUT2D eigenvalue weighted by Gasteiger charge is 2.20. The van der Waals surface area contributed by atoms with E-state index in [1.807, 2.05) is 25.1 Å². The second kappa shape index (κ2) is 9.65. The summed E-state index contributed by atoms with van der Waals surface area (Å²) in [5.74, 6) is 2.45. The van der Waals surface area contributed by atoms with Crippen LogP contribution in [0.5, 0.6) is 17.2 Å². The van der Waals surface area contributed by atoms with E-state index in [9.17, 15) is 0 Å². The average molecular weight is 372 g/mol. The molecule has 0 saturated carbocycles. The van der Waals surface area contributed by atoms with Crippen molar-refractivity contribution in [2.75, 3.05) is 26.4 Å². The van der Waals surface area contributed by atoms with Gasteiger partial charge < -0.3 is 19.9 Å². The molecule has 0 unspecified atom stereocenters. The van der Waals surface area contributed by atoms with Crippen LogP contribution in [-0.2, 0) is 11.8 Å². The zero-order valence-corrected chi connectivity index (χ0v) is 17.3. The van der Waals surface area contributed by atoms with E-state index >= 15 is 0 Å². The van der Waals surface area contributed by atoms with Crippen molar-refractivity contribution in [3.63, 3.8) is 0 Å². The largest absolute Gasteiger partial charge is 0.490 e. The number of nitrogens with two attached hydrogens (primary N) is 1. The molecule has 0 bridgehead atoms. The summed E-state index contributed by atoms with van der Waals surface area (Å²) in [5, 5.41) is 0. The number of para-hydroxylation sites is 1. The first-order chi connectivity index (χ1) is 12.9. The molecule has 0 fully saturated rings. The van der Waals surface area contributed by atoms with Crippen LogP contribution in [0, 0.1) is 6.92 Å². The average Bonchev–Trinajstić information content (AvgIpc) is 2.61. The predicted molar refractivity (Wildman–Crippen MR) is 111 cm³/mol. The smallest absolute Gasteiger partial charge is 0.161 e. The second-order valence-electron chi connectivity index (χ2n) is 7.65. The van der Waals surface area contributed by atoms with Crippen LogP contribution in [0.15, 0.2) is 36.4 Å². The van der Waals surface area contributed by atoms with Crippen LogP contribution in [-0.4, -0.2) is 26.4 Å². The first-order valence-electron chi connectivity index (χ1n) is 9.68. The summed E-state index contributed by atoms with van der Waals surface area (Å²) in [6.45, 7) is 12.8. The minimum absolute atomic E-state index is 0.0309. The van der Waals surface area contributed by atoms with Gasteiger partial charge in [-0.15, -0.1) is 0 Å². The third-order valence-electron chi connectivity index (χ3n) is 4.35. The van der Waals surface area contributed by atoms with E-state index in [2.05, 4.69) is 45.9 Å². The highest BCUT2D eigenvalue weighted by molar-refractivity contribution is 5.45. The molecule has 4 heteroatoms. The molecule has 0 radical (unpaired) electrons. The Hall–Kier alpha value is -2.20. The topological polar surface area (TPSA) is 53.7 Å². The van der Waals surface area contributed by atoms with E-state index in [0.717, 1.165) is 34.8 Å². The molecular weight excluding hydrogens is 338 g/mol. The van der Waals surface area contributed by atoms with Crippen molar-refractivity contribution in [2.45, 2.75) is 46.5 Å². The van der Waals surface area contributed by atoms with Crippen LogP contribution in [0.3, 0.4) is 0 Å². The summed E-state index contributed by atoms with van der Waals surface area (Å²) < 4.78 is 17.7. The van der Waals surface area contributed by atoms with Gasteiger partial charge in [0.2, 0.25) is 0 Å². The Labute approximate surface area is 163 Å². The monoisotopic (exact) mass is 371 g/mol. The predicted octanol–water partition coefficient (Wildman–Crippen LogP) is 4.65. The lowest BCUT2D eigenvalue weighted by Gasteiger charge is -2.24.